The van der Waals surface area contributed by atoms with Crippen molar-refractivity contribution in [3.63, 3.8) is 0 Å². The Morgan fingerprint density at radius 3 is 2.30 bits per heavy atom. The molecular formula is C9H18O. The van der Waals surface area contributed by atoms with Crippen molar-refractivity contribution in [3.05, 3.63) is 0 Å². The lowest BCUT2D eigenvalue weighted by atomic mass is 10.00. The molecule has 1 nitrogen and oxygen atoms in total. The number of rotatable bonds is 0. The van der Waals surface area contributed by atoms with E-state index in [4.69, 9.17) is 0 Å². The van der Waals surface area contributed by atoms with Crippen LogP contribution in [0.1, 0.15) is 39.5 Å². The first kappa shape index (κ1) is 8.06. The lowest BCUT2D eigenvalue weighted by Crippen LogP contribution is -2.14. The number of hydrogen-bond donors (Lipinski definition) is 1. The van der Waals surface area contributed by atoms with E-state index >= 15 is 0 Å². The van der Waals surface area contributed by atoms with Gasteiger partial charge in [-0.05, 0) is 31.1 Å². The van der Waals surface area contributed by atoms with Crippen LogP contribution < -0.4 is 0 Å². The Balaban J connectivity index is 2.38. The van der Waals surface area contributed by atoms with Crippen LogP contribution in [0.15, 0.2) is 0 Å². The second-order valence-electron chi connectivity index (χ2n) is 3.80. The highest BCUT2D eigenvalue weighted by atomic mass is 16.3. The molecule has 0 bridgehead atoms. The van der Waals surface area contributed by atoms with Gasteiger partial charge in [-0.2, -0.15) is 0 Å². The van der Waals surface area contributed by atoms with Crippen LogP contribution in [-0.2, 0) is 0 Å². The zero-order valence-electron chi connectivity index (χ0n) is 7.01. The maximum absolute atomic E-state index is 9.48. The van der Waals surface area contributed by atoms with Crippen molar-refractivity contribution in [1.82, 2.24) is 0 Å². The molecule has 60 valence electrons. The van der Waals surface area contributed by atoms with Crippen molar-refractivity contribution >= 4 is 0 Å². The first-order chi connectivity index (χ1) is 4.70. The fourth-order valence-electron chi connectivity index (χ4n) is 1.62. The van der Waals surface area contributed by atoms with Crippen LogP contribution in [0.2, 0.25) is 0 Å². The Morgan fingerprint density at radius 2 is 1.60 bits per heavy atom. The SMILES string of the molecule is CC1CCC(C)C(O)CC1. The summed E-state index contributed by atoms with van der Waals surface area (Å²) in [5.74, 6) is 1.37. The van der Waals surface area contributed by atoms with Gasteiger partial charge in [-0.15, -0.1) is 0 Å². The zero-order valence-corrected chi connectivity index (χ0v) is 7.01. The largest absolute Gasteiger partial charge is 0.393 e. The molecule has 0 amide bonds. The molecule has 1 aliphatic carbocycles. The molecule has 3 unspecified atom stereocenters. The smallest absolute Gasteiger partial charge is 0.0565 e. The second-order valence-corrected chi connectivity index (χ2v) is 3.80. The van der Waals surface area contributed by atoms with Gasteiger partial charge in [-0.3, -0.25) is 0 Å². The third kappa shape index (κ3) is 1.98. The number of hydrogen-bond acceptors (Lipinski definition) is 1. The normalized spacial score (nSPS) is 42.9. The average molecular weight is 142 g/mol. The minimum Gasteiger partial charge on any atom is -0.393 e. The third-order valence-corrected chi connectivity index (χ3v) is 2.73. The summed E-state index contributed by atoms with van der Waals surface area (Å²) < 4.78 is 0. The Morgan fingerprint density at radius 1 is 1.00 bits per heavy atom. The predicted molar refractivity (Wildman–Crippen MR) is 42.8 cm³/mol. The standard InChI is InChI=1S/C9H18O/c1-7-3-5-8(2)9(10)6-4-7/h7-10H,3-6H2,1-2H3. The van der Waals surface area contributed by atoms with Crippen molar-refractivity contribution in [2.24, 2.45) is 11.8 Å². The van der Waals surface area contributed by atoms with Crippen LogP contribution in [-0.4, -0.2) is 11.2 Å². The Kier molecular flexibility index (Phi) is 2.72. The molecule has 1 aliphatic rings. The first-order valence-electron chi connectivity index (χ1n) is 4.38. The summed E-state index contributed by atoms with van der Waals surface area (Å²) in [5, 5.41) is 9.48. The maximum atomic E-state index is 9.48. The van der Waals surface area contributed by atoms with Gasteiger partial charge in [-0.25, -0.2) is 0 Å². The van der Waals surface area contributed by atoms with Crippen LogP contribution in [0.25, 0.3) is 0 Å². The molecule has 0 heterocycles. The number of aliphatic hydroxyl groups excluding tert-OH is 1. The maximum Gasteiger partial charge on any atom is 0.0565 e. The van der Waals surface area contributed by atoms with Gasteiger partial charge in [-0.1, -0.05) is 20.3 Å². The van der Waals surface area contributed by atoms with E-state index in [1.54, 1.807) is 0 Å². The second kappa shape index (κ2) is 3.38. The van der Waals surface area contributed by atoms with E-state index in [-0.39, 0.29) is 6.10 Å². The predicted octanol–water partition coefficient (Wildman–Crippen LogP) is 2.19. The molecule has 1 heteroatoms. The topological polar surface area (TPSA) is 20.2 Å². The molecule has 0 aromatic rings. The average Bonchev–Trinajstić information content (AvgIpc) is 2.04. The van der Waals surface area contributed by atoms with Crippen molar-refractivity contribution in [1.29, 1.82) is 0 Å². The lowest BCUT2D eigenvalue weighted by molar-refractivity contribution is 0.109. The van der Waals surface area contributed by atoms with E-state index in [2.05, 4.69) is 13.8 Å². The summed E-state index contributed by atoms with van der Waals surface area (Å²) in [6.45, 7) is 4.44. The van der Waals surface area contributed by atoms with Crippen LogP contribution in [0.5, 0.6) is 0 Å². The van der Waals surface area contributed by atoms with E-state index in [0.717, 1.165) is 12.3 Å². The minimum atomic E-state index is -0.0232. The van der Waals surface area contributed by atoms with Crippen LogP contribution in [0.3, 0.4) is 0 Å². The van der Waals surface area contributed by atoms with Gasteiger partial charge in [0.2, 0.25) is 0 Å². The first-order valence-corrected chi connectivity index (χ1v) is 4.38. The molecule has 0 radical (unpaired) electrons. The van der Waals surface area contributed by atoms with Gasteiger partial charge in [0.15, 0.2) is 0 Å². The van der Waals surface area contributed by atoms with Gasteiger partial charge in [0.05, 0.1) is 6.10 Å². The van der Waals surface area contributed by atoms with Crippen molar-refractivity contribution < 1.29 is 5.11 Å². The molecule has 1 N–H and O–H groups in total. The van der Waals surface area contributed by atoms with Crippen molar-refractivity contribution in [2.75, 3.05) is 0 Å². The lowest BCUT2D eigenvalue weighted by Gasteiger charge is -2.13. The zero-order chi connectivity index (χ0) is 7.56. The van der Waals surface area contributed by atoms with E-state index in [1.165, 1.54) is 19.3 Å². The summed E-state index contributed by atoms with van der Waals surface area (Å²) in [4.78, 5) is 0. The fraction of sp³-hybridized carbons (Fsp3) is 1.00. The molecular weight excluding hydrogens is 124 g/mol. The summed E-state index contributed by atoms with van der Waals surface area (Å²) in [7, 11) is 0. The highest BCUT2D eigenvalue weighted by Crippen LogP contribution is 2.26. The van der Waals surface area contributed by atoms with Crippen molar-refractivity contribution in [2.45, 2.75) is 45.6 Å². The minimum absolute atomic E-state index is 0.0232. The van der Waals surface area contributed by atoms with Crippen LogP contribution >= 0.6 is 0 Å². The van der Waals surface area contributed by atoms with Crippen molar-refractivity contribution in [3.8, 4) is 0 Å². The summed E-state index contributed by atoms with van der Waals surface area (Å²) >= 11 is 0. The molecule has 1 rings (SSSR count). The highest BCUT2D eigenvalue weighted by molar-refractivity contribution is 4.71. The molecule has 0 aliphatic heterocycles. The molecule has 1 fully saturated rings. The van der Waals surface area contributed by atoms with E-state index in [0.29, 0.717) is 5.92 Å². The molecule has 10 heavy (non-hydrogen) atoms. The molecule has 0 spiro atoms. The molecule has 0 aromatic heterocycles. The molecule has 3 atom stereocenters. The van der Waals surface area contributed by atoms with Gasteiger partial charge >= 0.3 is 0 Å². The van der Waals surface area contributed by atoms with E-state index in [9.17, 15) is 5.11 Å². The quantitative estimate of drug-likeness (QED) is 0.514. The Hall–Kier alpha value is -0.0400. The summed E-state index contributed by atoms with van der Waals surface area (Å²) in [6.07, 6.45) is 4.72. The van der Waals surface area contributed by atoms with Gasteiger partial charge in [0, 0.05) is 0 Å². The molecule has 0 saturated heterocycles. The van der Waals surface area contributed by atoms with E-state index < -0.39 is 0 Å². The van der Waals surface area contributed by atoms with Gasteiger partial charge in [0.25, 0.3) is 0 Å². The van der Waals surface area contributed by atoms with E-state index in [1.807, 2.05) is 0 Å². The molecule has 0 aromatic carbocycles. The van der Waals surface area contributed by atoms with Crippen LogP contribution in [0.4, 0.5) is 0 Å². The third-order valence-electron chi connectivity index (χ3n) is 2.73. The summed E-state index contributed by atoms with van der Waals surface area (Å²) in [6, 6.07) is 0. The Bertz CT molecular complexity index is 88.9. The number of aliphatic hydroxyl groups is 1. The van der Waals surface area contributed by atoms with Gasteiger partial charge < -0.3 is 5.11 Å². The fourth-order valence-corrected chi connectivity index (χ4v) is 1.62. The van der Waals surface area contributed by atoms with Gasteiger partial charge in [0.1, 0.15) is 0 Å². The monoisotopic (exact) mass is 142 g/mol. The summed E-state index contributed by atoms with van der Waals surface area (Å²) in [5.41, 5.74) is 0. The van der Waals surface area contributed by atoms with Crippen LogP contribution in [0, 0.1) is 11.8 Å². The molecule has 1 saturated carbocycles. The Labute approximate surface area is 63.4 Å². The highest BCUT2D eigenvalue weighted by Gasteiger charge is 2.19.